The van der Waals surface area contributed by atoms with Crippen LogP contribution in [0.4, 0.5) is 11.5 Å². The molecule has 0 spiro atoms. The van der Waals surface area contributed by atoms with Crippen LogP contribution in [0.5, 0.6) is 5.75 Å². The highest BCUT2D eigenvalue weighted by atomic mass is 16.5. The van der Waals surface area contributed by atoms with Crippen molar-refractivity contribution in [3.8, 4) is 5.75 Å². The number of anilines is 2. The number of aromatic nitrogens is 2. The zero-order valence-corrected chi connectivity index (χ0v) is 11.7. The molecule has 0 saturated carbocycles. The van der Waals surface area contributed by atoms with Crippen LogP contribution in [-0.4, -0.2) is 29.0 Å². The molecule has 3 rings (SSSR count). The molecule has 1 aliphatic heterocycles. The Kier molecular flexibility index (Phi) is 3.68. The molecule has 1 aromatic carbocycles. The molecule has 0 saturated heterocycles. The quantitative estimate of drug-likeness (QED) is 0.927. The summed E-state index contributed by atoms with van der Waals surface area (Å²) in [6.45, 7) is 3.24. The molecular weight excluding hydrogens is 268 g/mol. The van der Waals surface area contributed by atoms with E-state index in [9.17, 15) is 4.79 Å². The first kappa shape index (κ1) is 13.4. The molecule has 1 aromatic heterocycles. The van der Waals surface area contributed by atoms with Crippen molar-refractivity contribution < 1.29 is 9.53 Å². The molecule has 1 aliphatic rings. The van der Waals surface area contributed by atoms with E-state index in [1.165, 1.54) is 0 Å². The summed E-state index contributed by atoms with van der Waals surface area (Å²) >= 11 is 0. The molecule has 21 heavy (non-hydrogen) atoms. The maximum absolute atomic E-state index is 12.1. The third-order valence-corrected chi connectivity index (χ3v) is 3.19. The smallest absolute Gasteiger partial charge is 0.265 e. The van der Waals surface area contributed by atoms with Crippen LogP contribution in [0.15, 0.2) is 36.7 Å². The molecule has 0 unspecified atom stereocenters. The number of nitrogens with zero attached hydrogens (tertiary/aromatic N) is 3. The molecule has 6 heteroatoms. The van der Waals surface area contributed by atoms with E-state index in [4.69, 9.17) is 4.74 Å². The van der Waals surface area contributed by atoms with E-state index in [0.29, 0.717) is 12.3 Å². The predicted molar refractivity (Wildman–Crippen MR) is 79.3 cm³/mol. The molecule has 0 bridgehead atoms. The maximum Gasteiger partial charge on any atom is 0.265 e. The van der Waals surface area contributed by atoms with Gasteiger partial charge in [-0.15, -0.1) is 0 Å². The second-order valence-corrected chi connectivity index (χ2v) is 4.66. The van der Waals surface area contributed by atoms with Gasteiger partial charge in [0.2, 0.25) is 0 Å². The lowest BCUT2D eigenvalue weighted by Gasteiger charge is -2.28. The van der Waals surface area contributed by atoms with Gasteiger partial charge < -0.3 is 10.1 Å². The summed E-state index contributed by atoms with van der Waals surface area (Å²) in [5.74, 6) is 1.37. The molecule has 1 amide bonds. The Labute approximate surface area is 122 Å². The van der Waals surface area contributed by atoms with Gasteiger partial charge in [-0.3, -0.25) is 14.7 Å². The van der Waals surface area contributed by atoms with Crippen molar-refractivity contribution in [3.05, 3.63) is 42.4 Å². The molecule has 2 aromatic rings. The number of rotatable bonds is 4. The van der Waals surface area contributed by atoms with Gasteiger partial charge in [0.05, 0.1) is 30.3 Å². The molecule has 1 N–H and O–H groups in total. The van der Waals surface area contributed by atoms with Crippen molar-refractivity contribution >= 4 is 17.4 Å². The van der Waals surface area contributed by atoms with Crippen molar-refractivity contribution in [2.45, 2.75) is 13.5 Å². The van der Waals surface area contributed by atoms with E-state index in [2.05, 4.69) is 15.3 Å². The highest BCUT2D eigenvalue weighted by Crippen LogP contribution is 2.32. The number of fused-ring (bicyclic) bond motifs is 1. The van der Waals surface area contributed by atoms with E-state index in [0.717, 1.165) is 23.7 Å². The van der Waals surface area contributed by atoms with Crippen LogP contribution in [0.25, 0.3) is 0 Å². The number of ether oxygens (including phenoxy) is 1. The van der Waals surface area contributed by atoms with Gasteiger partial charge in [-0.2, -0.15) is 0 Å². The van der Waals surface area contributed by atoms with Crippen LogP contribution in [0.1, 0.15) is 12.6 Å². The molecular formula is C15H16N4O2. The number of para-hydroxylation sites is 2. The Morgan fingerprint density at radius 3 is 2.90 bits per heavy atom. The Morgan fingerprint density at radius 1 is 1.29 bits per heavy atom. The molecule has 0 fully saturated rings. The Hall–Kier alpha value is -2.63. The second-order valence-electron chi connectivity index (χ2n) is 4.66. The summed E-state index contributed by atoms with van der Waals surface area (Å²) < 4.78 is 5.42. The minimum Gasteiger partial charge on any atom is -0.482 e. The fraction of sp³-hybridized carbons (Fsp3) is 0.267. The van der Waals surface area contributed by atoms with Crippen LogP contribution in [0, 0.1) is 0 Å². The van der Waals surface area contributed by atoms with Crippen molar-refractivity contribution in [1.82, 2.24) is 9.97 Å². The Morgan fingerprint density at radius 2 is 2.14 bits per heavy atom. The second kappa shape index (κ2) is 5.78. The third kappa shape index (κ3) is 2.79. The van der Waals surface area contributed by atoms with Gasteiger partial charge in [-0.05, 0) is 19.1 Å². The largest absolute Gasteiger partial charge is 0.482 e. The Balaban J connectivity index is 1.82. The van der Waals surface area contributed by atoms with Crippen LogP contribution in [0.3, 0.4) is 0 Å². The number of hydrogen-bond donors (Lipinski definition) is 1. The molecule has 108 valence electrons. The first-order valence-electron chi connectivity index (χ1n) is 6.85. The standard InChI is InChI=1S/C15H16N4O2/c1-2-16-14-8-17-11(7-18-14)9-19-12-5-3-4-6-13(12)21-10-15(19)20/h3-8H,2,9-10H2,1H3,(H,16,18). The van der Waals surface area contributed by atoms with Gasteiger partial charge in [0.15, 0.2) is 6.61 Å². The number of carbonyl (C=O) groups is 1. The van der Waals surface area contributed by atoms with Gasteiger partial charge in [0.25, 0.3) is 5.91 Å². The van der Waals surface area contributed by atoms with Gasteiger partial charge in [0, 0.05) is 6.54 Å². The molecule has 6 nitrogen and oxygen atoms in total. The van der Waals surface area contributed by atoms with Gasteiger partial charge >= 0.3 is 0 Å². The van der Waals surface area contributed by atoms with Crippen molar-refractivity contribution in [3.63, 3.8) is 0 Å². The lowest BCUT2D eigenvalue weighted by Crippen LogP contribution is -2.38. The fourth-order valence-electron chi connectivity index (χ4n) is 2.20. The van der Waals surface area contributed by atoms with Crippen LogP contribution >= 0.6 is 0 Å². The summed E-state index contributed by atoms with van der Waals surface area (Å²) in [5.41, 5.74) is 1.51. The number of amides is 1. The average Bonchev–Trinajstić information content (AvgIpc) is 2.52. The lowest BCUT2D eigenvalue weighted by molar-refractivity contribution is -0.121. The lowest BCUT2D eigenvalue weighted by atomic mass is 10.2. The minimum atomic E-state index is -0.0775. The first-order valence-corrected chi connectivity index (χ1v) is 6.85. The molecule has 0 radical (unpaired) electrons. The zero-order chi connectivity index (χ0) is 14.7. The minimum absolute atomic E-state index is 0.0555. The van der Waals surface area contributed by atoms with Crippen molar-refractivity contribution in [2.75, 3.05) is 23.4 Å². The highest BCUT2D eigenvalue weighted by Gasteiger charge is 2.25. The van der Waals surface area contributed by atoms with Crippen LogP contribution in [-0.2, 0) is 11.3 Å². The summed E-state index contributed by atoms with van der Waals surface area (Å²) in [6, 6.07) is 7.49. The van der Waals surface area contributed by atoms with Gasteiger partial charge in [-0.1, -0.05) is 12.1 Å². The normalized spacial score (nSPS) is 13.6. The topological polar surface area (TPSA) is 67.4 Å². The SMILES string of the molecule is CCNc1cnc(CN2C(=O)COc3ccccc32)cn1. The molecule has 2 heterocycles. The number of nitrogens with one attached hydrogen (secondary N) is 1. The van der Waals surface area contributed by atoms with E-state index in [1.807, 2.05) is 31.2 Å². The monoisotopic (exact) mass is 284 g/mol. The van der Waals surface area contributed by atoms with E-state index < -0.39 is 0 Å². The summed E-state index contributed by atoms with van der Waals surface area (Å²) in [5, 5.41) is 3.09. The maximum atomic E-state index is 12.1. The fourth-order valence-corrected chi connectivity index (χ4v) is 2.20. The van der Waals surface area contributed by atoms with E-state index >= 15 is 0 Å². The summed E-state index contributed by atoms with van der Waals surface area (Å²) in [6.07, 6.45) is 3.36. The molecule has 0 aliphatic carbocycles. The van der Waals surface area contributed by atoms with Crippen LogP contribution in [0.2, 0.25) is 0 Å². The number of benzene rings is 1. The summed E-state index contributed by atoms with van der Waals surface area (Å²) in [4.78, 5) is 22.4. The zero-order valence-electron chi connectivity index (χ0n) is 11.7. The van der Waals surface area contributed by atoms with Gasteiger partial charge in [-0.25, -0.2) is 4.98 Å². The van der Waals surface area contributed by atoms with Crippen molar-refractivity contribution in [1.29, 1.82) is 0 Å². The molecule has 0 atom stereocenters. The van der Waals surface area contributed by atoms with Crippen molar-refractivity contribution in [2.24, 2.45) is 0 Å². The predicted octanol–water partition coefficient (Wildman–Crippen LogP) is 1.83. The van der Waals surface area contributed by atoms with Crippen LogP contribution < -0.4 is 15.0 Å². The highest BCUT2D eigenvalue weighted by molar-refractivity contribution is 5.97. The summed E-state index contributed by atoms with van der Waals surface area (Å²) in [7, 11) is 0. The van der Waals surface area contributed by atoms with E-state index in [-0.39, 0.29) is 12.5 Å². The third-order valence-electron chi connectivity index (χ3n) is 3.19. The first-order chi connectivity index (χ1) is 10.3. The average molecular weight is 284 g/mol. The van der Waals surface area contributed by atoms with E-state index in [1.54, 1.807) is 17.3 Å². The number of hydrogen-bond acceptors (Lipinski definition) is 5. The Bertz CT molecular complexity index is 642. The number of carbonyl (C=O) groups excluding carboxylic acids is 1. The van der Waals surface area contributed by atoms with Gasteiger partial charge in [0.1, 0.15) is 11.6 Å².